The normalized spacial score (nSPS) is 17.4. The van der Waals surface area contributed by atoms with Crippen molar-refractivity contribution in [3.8, 4) is 10.7 Å². The van der Waals surface area contributed by atoms with Gasteiger partial charge in [0.25, 0.3) is 5.91 Å². The highest BCUT2D eigenvalue weighted by Crippen LogP contribution is 2.34. The second kappa shape index (κ2) is 6.12. The molecular weight excluding hydrogens is 324 g/mol. The van der Waals surface area contributed by atoms with E-state index in [1.54, 1.807) is 29.5 Å². The molecule has 0 N–H and O–H groups in total. The van der Waals surface area contributed by atoms with E-state index >= 15 is 0 Å². The number of hydrogen-bond donors (Lipinski definition) is 0. The predicted molar refractivity (Wildman–Crippen MR) is 89.4 cm³/mol. The Kier molecular flexibility index (Phi) is 3.81. The Morgan fingerprint density at radius 3 is 2.92 bits per heavy atom. The van der Waals surface area contributed by atoms with E-state index in [1.165, 1.54) is 11.3 Å². The Labute approximate surface area is 143 Å². The monoisotopic (exact) mass is 340 g/mol. The molecule has 0 unspecified atom stereocenters. The Balaban J connectivity index is 1.58. The number of thiazole rings is 1. The number of hydrogen-bond acceptors (Lipinski definition) is 6. The second-order valence-corrected chi connectivity index (χ2v) is 6.75. The smallest absolute Gasteiger partial charge is 0.266 e. The molecule has 7 nitrogen and oxygen atoms in total. The van der Waals surface area contributed by atoms with Crippen molar-refractivity contribution in [1.82, 2.24) is 29.6 Å². The molecule has 1 atom stereocenters. The lowest BCUT2D eigenvalue weighted by Gasteiger charge is -2.23. The summed E-state index contributed by atoms with van der Waals surface area (Å²) >= 11 is 1.36. The zero-order chi connectivity index (χ0) is 16.5. The summed E-state index contributed by atoms with van der Waals surface area (Å²) in [5.74, 6) is 0.0222. The molecule has 1 aliphatic heterocycles. The summed E-state index contributed by atoms with van der Waals surface area (Å²) < 4.78 is 1.77. The van der Waals surface area contributed by atoms with Crippen molar-refractivity contribution in [1.29, 1.82) is 0 Å². The number of aromatic nitrogens is 5. The van der Waals surface area contributed by atoms with Gasteiger partial charge in [0.1, 0.15) is 15.6 Å². The van der Waals surface area contributed by atoms with Crippen LogP contribution in [-0.4, -0.2) is 42.1 Å². The fraction of sp³-hybridized carbons (Fsp3) is 0.312. The zero-order valence-electron chi connectivity index (χ0n) is 13.2. The van der Waals surface area contributed by atoms with Crippen LogP contribution in [-0.2, 0) is 7.05 Å². The van der Waals surface area contributed by atoms with E-state index in [0.29, 0.717) is 15.6 Å². The van der Waals surface area contributed by atoms with Crippen LogP contribution in [0.1, 0.15) is 34.1 Å². The molecule has 4 heterocycles. The molecule has 122 valence electrons. The maximum absolute atomic E-state index is 12.9. The van der Waals surface area contributed by atoms with E-state index in [-0.39, 0.29) is 11.9 Å². The molecule has 1 aliphatic rings. The first kappa shape index (κ1) is 14.9. The molecular formula is C16H16N6OS. The van der Waals surface area contributed by atoms with Gasteiger partial charge in [0.05, 0.1) is 24.6 Å². The summed E-state index contributed by atoms with van der Waals surface area (Å²) in [6.45, 7) is 0.761. The van der Waals surface area contributed by atoms with Crippen molar-refractivity contribution >= 4 is 17.2 Å². The lowest BCUT2D eigenvalue weighted by atomic mass is 10.1. The second-order valence-electron chi connectivity index (χ2n) is 5.72. The van der Waals surface area contributed by atoms with Gasteiger partial charge in [-0.25, -0.2) is 4.98 Å². The molecule has 1 amide bonds. The van der Waals surface area contributed by atoms with E-state index in [2.05, 4.69) is 20.1 Å². The fourth-order valence-electron chi connectivity index (χ4n) is 3.01. The molecule has 0 spiro atoms. The van der Waals surface area contributed by atoms with Crippen LogP contribution in [0.25, 0.3) is 10.7 Å². The van der Waals surface area contributed by atoms with E-state index in [0.717, 1.165) is 24.9 Å². The highest BCUT2D eigenvalue weighted by molar-refractivity contribution is 7.16. The van der Waals surface area contributed by atoms with Crippen LogP contribution in [0, 0.1) is 0 Å². The van der Waals surface area contributed by atoms with Gasteiger partial charge in [-0.1, -0.05) is 0 Å². The number of carbonyl (C=O) groups excluding carboxylic acids is 1. The lowest BCUT2D eigenvalue weighted by Crippen LogP contribution is -2.29. The minimum atomic E-state index is 0.0222. The van der Waals surface area contributed by atoms with Gasteiger partial charge in [-0.05, 0) is 12.8 Å². The molecule has 0 saturated carbocycles. The third-order valence-electron chi connectivity index (χ3n) is 4.12. The van der Waals surface area contributed by atoms with Crippen LogP contribution in [0.3, 0.4) is 0 Å². The summed E-state index contributed by atoms with van der Waals surface area (Å²) in [7, 11) is 1.89. The number of nitrogens with zero attached hydrogens (tertiary/aromatic N) is 6. The van der Waals surface area contributed by atoms with E-state index < -0.39 is 0 Å². The van der Waals surface area contributed by atoms with E-state index in [1.807, 2.05) is 24.3 Å². The number of carbonyl (C=O) groups is 1. The molecule has 24 heavy (non-hydrogen) atoms. The maximum atomic E-state index is 12.9. The van der Waals surface area contributed by atoms with Crippen LogP contribution in [0.15, 0.2) is 37.2 Å². The quantitative estimate of drug-likeness (QED) is 0.731. The first-order chi connectivity index (χ1) is 11.7. The summed E-state index contributed by atoms with van der Waals surface area (Å²) in [6.07, 6.45) is 12.3. The Morgan fingerprint density at radius 1 is 1.25 bits per heavy atom. The van der Waals surface area contributed by atoms with Crippen molar-refractivity contribution in [3.63, 3.8) is 0 Å². The third-order valence-corrected chi connectivity index (χ3v) is 5.13. The van der Waals surface area contributed by atoms with E-state index in [4.69, 9.17) is 0 Å². The molecule has 0 bridgehead atoms. The van der Waals surface area contributed by atoms with Gasteiger partial charge in [0.2, 0.25) is 0 Å². The van der Waals surface area contributed by atoms with Crippen molar-refractivity contribution in [2.24, 2.45) is 7.05 Å². The average Bonchev–Trinajstić information content (AvgIpc) is 3.35. The summed E-state index contributed by atoms with van der Waals surface area (Å²) in [4.78, 5) is 28.1. The van der Waals surface area contributed by atoms with Crippen molar-refractivity contribution in [3.05, 3.63) is 47.6 Å². The van der Waals surface area contributed by atoms with Gasteiger partial charge in [0.15, 0.2) is 0 Å². The van der Waals surface area contributed by atoms with Crippen molar-refractivity contribution in [2.45, 2.75) is 18.9 Å². The fourth-order valence-corrected chi connectivity index (χ4v) is 3.84. The van der Waals surface area contributed by atoms with Crippen molar-refractivity contribution < 1.29 is 4.79 Å². The van der Waals surface area contributed by atoms with Crippen LogP contribution in [0.4, 0.5) is 0 Å². The Morgan fingerprint density at radius 2 is 2.17 bits per heavy atom. The molecule has 0 radical (unpaired) electrons. The SMILES string of the molecule is Cn1cc([C@@H]2CCCN2C(=O)c2cnc(-c3cnccn3)s2)cn1. The number of aryl methyl sites for hydroxylation is 1. The highest BCUT2D eigenvalue weighted by atomic mass is 32.1. The first-order valence-corrected chi connectivity index (χ1v) is 8.56. The third kappa shape index (κ3) is 2.69. The topological polar surface area (TPSA) is 76.8 Å². The standard InChI is InChI=1S/C16H16N6OS/c1-21-10-11(7-20-21)13-3-2-6-22(13)16(23)14-9-19-15(24-14)12-8-17-4-5-18-12/h4-5,7-10,13H,2-3,6H2,1H3/t13-/m0/s1. The summed E-state index contributed by atoms with van der Waals surface area (Å²) in [6, 6.07) is 0.0910. The molecule has 8 heteroatoms. The molecule has 1 fully saturated rings. The molecule has 4 rings (SSSR count). The van der Waals surface area contributed by atoms with Crippen LogP contribution >= 0.6 is 11.3 Å². The highest BCUT2D eigenvalue weighted by Gasteiger charge is 2.32. The Hall–Kier alpha value is -2.61. The van der Waals surface area contributed by atoms with Crippen LogP contribution in [0.2, 0.25) is 0 Å². The van der Waals surface area contributed by atoms with Gasteiger partial charge in [-0.15, -0.1) is 11.3 Å². The maximum Gasteiger partial charge on any atom is 0.266 e. The largest absolute Gasteiger partial charge is 0.331 e. The predicted octanol–water partition coefficient (Wildman–Crippen LogP) is 2.31. The average molecular weight is 340 g/mol. The number of amides is 1. The first-order valence-electron chi connectivity index (χ1n) is 7.74. The number of rotatable bonds is 3. The minimum Gasteiger partial charge on any atom is -0.331 e. The molecule has 3 aromatic heterocycles. The van der Waals surface area contributed by atoms with Gasteiger partial charge in [-0.3, -0.25) is 19.4 Å². The molecule has 3 aromatic rings. The molecule has 1 saturated heterocycles. The lowest BCUT2D eigenvalue weighted by molar-refractivity contribution is 0.0740. The van der Waals surface area contributed by atoms with Gasteiger partial charge in [-0.2, -0.15) is 5.10 Å². The zero-order valence-corrected chi connectivity index (χ0v) is 14.0. The summed E-state index contributed by atoms with van der Waals surface area (Å²) in [5, 5.41) is 4.94. The van der Waals surface area contributed by atoms with Gasteiger partial charge in [0, 0.05) is 37.7 Å². The van der Waals surface area contributed by atoms with E-state index in [9.17, 15) is 4.79 Å². The number of likely N-dealkylation sites (tertiary alicyclic amines) is 1. The van der Waals surface area contributed by atoms with Crippen LogP contribution in [0.5, 0.6) is 0 Å². The Bertz CT molecular complexity index is 858. The van der Waals surface area contributed by atoms with Crippen LogP contribution < -0.4 is 0 Å². The minimum absolute atomic E-state index is 0.0222. The van der Waals surface area contributed by atoms with Gasteiger partial charge < -0.3 is 4.90 Å². The summed E-state index contributed by atoms with van der Waals surface area (Å²) in [5.41, 5.74) is 1.77. The molecule has 0 aliphatic carbocycles. The molecule has 0 aromatic carbocycles. The van der Waals surface area contributed by atoms with Gasteiger partial charge >= 0.3 is 0 Å². The van der Waals surface area contributed by atoms with Crippen molar-refractivity contribution in [2.75, 3.05) is 6.54 Å².